The van der Waals surface area contributed by atoms with Crippen molar-refractivity contribution in [2.24, 2.45) is 0 Å². The highest BCUT2D eigenvalue weighted by molar-refractivity contribution is 6.04. The van der Waals surface area contributed by atoms with E-state index in [1.807, 2.05) is 6.92 Å². The molecule has 2 amide bonds. The number of anilines is 2. The van der Waals surface area contributed by atoms with E-state index in [1.54, 1.807) is 48.7 Å². The second-order valence-electron chi connectivity index (χ2n) is 6.30. The molecule has 0 aliphatic heterocycles. The van der Waals surface area contributed by atoms with Crippen LogP contribution in [0.15, 0.2) is 71.7 Å². The Labute approximate surface area is 161 Å². The molecule has 0 spiro atoms. The fraction of sp³-hybridized carbons (Fsp3) is 0.0952. The molecule has 0 saturated carbocycles. The van der Waals surface area contributed by atoms with Crippen LogP contribution >= 0.6 is 0 Å². The Balaban J connectivity index is 1.61. The van der Waals surface area contributed by atoms with E-state index >= 15 is 0 Å². The predicted octanol–water partition coefficient (Wildman–Crippen LogP) is 2.75. The van der Waals surface area contributed by atoms with Gasteiger partial charge in [0, 0.05) is 29.2 Å². The van der Waals surface area contributed by atoms with Crippen LogP contribution in [-0.4, -0.2) is 21.5 Å². The van der Waals surface area contributed by atoms with E-state index in [0.29, 0.717) is 16.9 Å². The SMILES string of the molecule is Cc1ccc(=O)n(CC(=O)Nc2ccc(C(=O)Nc3ccc(O)cc3)cc2)c1. The number of benzene rings is 2. The maximum atomic E-state index is 12.2. The summed E-state index contributed by atoms with van der Waals surface area (Å²) in [6.45, 7) is 1.75. The third-order valence-electron chi connectivity index (χ3n) is 4.00. The van der Waals surface area contributed by atoms with E-state index in [-0.39, 0.29) is 29.7 Å². The number of hydrogen-bond donors (Lipinski definition) is 3. The summed E-state index contributed by atoms with van der Waals surface area (Å²) in [5.41, 5.74) is 2.13. The normalized spacial score (nSPS) is 10.3. The predicted molar refractivity (Wildman–Crippen MR) is 107 cm³/mol. The number of nitrogens with zero attached hydrogens (tertiary/aromatic N) is 1. The van der Waals surface area contributed by atoms with Crippen molar-refractivity contribution in [1.29, 1.82) is 0 Å². The number of amides is 2. The lowest BCUT2D eigenvalue weighted by Crippen LogP contribution is -2.26. The third kappa shape index (κ3) is 4.85. The van der Waals surface area contributed by atoms with Crippen molar-refractivity contribution < 1.29 is 14.7 Å². The number of aromatic hydroxyl groups is 1. The van der Waals surface area contributed by atoms with Gasteiger partial charge < -0.3 is 20.3 Å². The van der Waals surface area contributed by atoms with E-state index in [1.165, 1.54) is 22.8 Å². The Morgan fingerprint density at radius 3 is 2.18 bits per heavy atom. The number of carbonyl (C=O) groups excluding carboxylic acids is 2. The van der Waals surface area contributed by atoms with Gasteiger partial charge in [0.25, 0.3) is 11.5 Å². The Morgan fingerprint density at radius 1 is 0.893 bits per heavy atom. The summed E-state index contributed by atoms with van der Waals surface area (Å²) < 4.78 is 1.34. The number of phenols is 1. The maximum absolute atomic E-state index is 12.2. The molecule has 3 N–H and O–H groups in total. The number of aromatic nitrogens is 1. The summed E-state index contributed by atoms with van der Waals surface area (Å²) in [6, 6.07) is 15.7. The van der Waals surface area contributed by atoms with Crippen molar-refractivity contribution >= 4 is 23.2 Å². The zero-order valence-corrected chi connectivity index (χ0v) is 15.2. The number of pyridine rings is 1. The lowest BCUT2D eigenvalue weighted by Gasteiger charge is -2.09. The van der Waals surface area contributed by atoms with Gasteiger partial charge in [-0.3, -0.25) is 14.4 Å². The minimum absolute atomic E-state index is 0.0936. The van der Waals surface area contributed by atoms with Crippen molar-refractivity contribution in [2.75, 3.05) is 10.6 Å². The zero-order valence-electron chi connectivity index (χ0n) is 15.2. The topological polar surface area (TPSA) is 100 Å². The summed E-state index contributed by atoms with van der Waals surface area (Å²) in [7, 11) is 0. The molecule has 0 fully saturated rings. The van der Waals surface area contributed by atoms with Crippen molar-refractivity contribution in [3.8, 4) is 5.75 Å². The molecule has 28 heavy (non-hydrogen) atoms. The molecule has 0 radical (unpaired) electrons. The highest BCUT2D eigenvalue weighted by atomic mass is 16.3. The highest BCUT2D eigenvalue weighted by Gasteiger charge is 2.08. The molecule has 3 aromatic rings. The summed E-state index contributed by atoms with van der Waals surface area (Å²) in [5, 5.41) is 14.7. The molecule has 0 aliphatic rings. The van der Waals surface area contributed by atoms with Gasteiger partial charge in [-0.25, -0.2) is 0 Å². The third-order valence-corrected chi connectivity index (χ3v) is 4.00. The summed E-state index contributed by atoms with van der Waals surface area (Å²) in [5.74, 6) is -0.533. The van der Waals surface area contributed by atoms with Crippen LogP contribution in [0.25, 0.3) is 0 Å². The minimum Gasteiger partial charge on any atom is -0.508 e. The Kier molecular flexibility index (Phi) is 5.55. The zero-order chi connectivity index (χ0) is 20.1. The molecule has 0 aliphatic carbocycles. The second kappa shape index (κ2) is 8.22. The molecular formula is C21H19N3O4. The number of phenolic OH excluding ortho intramolecular Hbond substituents is 1. The van der Waals surface area contributed by atoms with Crippen LogP contribution in [0, 0.1) is 6.92 Å². The quantitative estimate of drug-likeness (QED) is 0.595. The fourth-order valence-electron chi connectivity index (χ4n) is 2.58. The van der Waals surface area contributed by atoms with E-state index < -0.39 is 0 Å². The molecule has 0 atom stereocenters. The van der Waals surface area contributed by atoms with Crippen LogP contribution in [0.2, 0.25) is 0 Å². The van der Waals surface area contributed by atoms with Gasteiger partial charge in [0.05, 0.1) is 0 Å². The van der Waals surface area contributed by atoms with Gasteiger partial charge in [-0.1, -0.05) is 6.07 Å². The number of rotatable bonds is 5. The monoisotopic (exact) mass is 377 g/mol. The van der Waals surface area contributed by atoms with Crippen molar-refractivity contribution in [2.45, 2.75) is 13.5 Å². The summed E-state index contributed by atoms with van der Waals surface area (Å²) in [6.07, 6.45) is 1.62. The molecule has 1 aromatic heterocycles. The molecule has 0 saturated heterocycles. The van der Waals surface area contributed by atoms with Gasteiger partial charge in [0.15, 0.2) is 0 Å². The smallest absolute Gasteiger partial charge is 0.255 e. The van der Waals surface area contributed by atoms with Crippen LogP contribution in [0.5, 0.6) is 5.75 Å². The first-order valence-corrected chi connectivity index (χ1v) is 8.58. The van der Waals surface area contributed by atoms with Crippen LogP contribution in [0.3, 0.4) is 0 Å². The minimum atomic E-state index is -0.339. The van der Waals surface area contributed by atoms with Gasteiger partial charge in [-0.15, -0.1) is 0 Å². The number of aryl methyl sites for hydroxylation is 1. The van der Waals surface area contributed by atoms with E-state index in [9.17, 15) is 19.5 Å². The standard InChI is InChI=1S/C21H19N3O4/c1-14-2-11-20(27)24(12-14)13-19(26)22-16-5-3-15(4-6-16)21(28)23-17-7-9-18(25)10-8-17/h2-12,25H,13H2,1H3,(H,22,26)(H,23,28). The Morgan fingerprint density at radius 2 is 1.50 bits per heavy atom. The highest BCUT2D eigenvalue weighted by Crippen LogP contribution is 2.16. The first-order chi connectivity index (χ1) is 13.4. The average molecular weight is 377 g/mol. The number of carbonyl (C=O) groups is 2. The van der Waals surface area contributed by atoms with Crippen LogP contribution in [0.4, 0.5) is 11.4 Å². The van der Waals surface area contributed by atoms with E-state index in [4.69, 9.17) is 0 Å². The molecule has 7 nitrogen and oxygen atoms in total. The summed E-state index contributed by atoms with van der Waals surface area (Å²) in [4.78, 5) is 36.2. The van der Waals surface area contributed by atoms with Crippen molar-refractivity contribution in [1.82, 2.24) is 4.57 Å². The van der Waals surface area contributed by atoms with Gasteiger partial charge in [0.2, 0.25) is 5.91 Å². The second-order valence-corrected chi connectivity index (χ2v) is 6.30. The van der Waals surface area contributed by atoms with Gasteiger partial charge >= 0.3 is 0 Å². The van der Waals surface area contributed by atoms with Crippen LogP contribution in [-0.2, 0) is 11.3 Å². The molecule has 3 rings (SSSR count). The van der Waals surface area contributed by atoms with E-state index in [2.05, 4.69) is 10.6 Å². The number of hydrogen-bond acceptors (Lipinski definition) is 4. The summed E-state index contributed by atoms with van der Waals surface area (Å²) >= 11 is 0. The molecular weight excluding hydrogens is 358 g/mol. The molecule has 142 valence electrons. The van der Waals surface area contributed by atoms with Crippen molar-refractivity contribution in [3.63, 3.8) is 0 Å². The first kappa shape index (κ1) is 18.9. The molecule has 0 unspecified atom stereocenters. The van der Waals surface area contributed by atoms with Gasteiger partial charge in [0.1, 0.15) is 12.3 Å². The lowest BCUT2D eigenvalue weighted by atomic mass is 10.2. The first-order valence-electron chi connectivity index (χ1n) is 8.58. The molecule has 1 heterocycles. The molecule has 2 aromatic carbocycles. The number of nitrogens with one attached hydrogen (secondary N) is 2. The lowest BCUT2D eigenvalue weighted by molar-refractivity contribution is -0.116. The molecule has 0 bridgehead atoms. The van der Waals surface area contributed by atoms with Crippen LogP contribution in [0.1, 0.15) is 15.9 Å². The largest absolute Gasteiger partial charge is 0.508 e. The van der Waals surface area contributed by atoms with Gasteiger partial charge in [-0.05, 0) is 61.0 Å². The Bertz CT molecular complexity index is 1050. The average Bonchev–Trinajstić information content (AvgIpc) is 2.67. The molecule has 7 heteroatoms. The fourth-order valence-corrected chi connectivity index (χ4v) is 2.58. The van der Waals surface area contributed by atoms with Crippen LogP contribution < -0.4 is 16.2 Å². The maximum Gasteiger partial charge on any atom is 0.255 e. The van der Waals surface area contributed by atoms with E-state index in [0.717, 1.165) is 5.56 Å². The van der Waals surface area contributed by atoms with Gasteiger partial charge in [-0.2, -0.15) is 0 Å². The Hall–Kier alpha value is -3.87. The van der Waals surface area contributed by atoms with Crippen molar-refractivity contribution in [3.05, 3.63) is 88.3 Å².